The number of hydrogen-bond donors (Lipinski definition) is 1. The number of amides is 3. The van der Waals surface area contributed by atoms with Gasteiger partial charge in [0.1, 0.15) is 0 Å². The number of nitrogens with zero attached hydrogens (tertiary/aromatic N) is 4. The summed E-state index contributed by atoms with van der Waals surface area (Å²) in [5.74, 6) is 1.28. The Morgan fingerprint density at radius 2 is 1.97 bits per heavy atom. The highest BCUT2D eigenvalue weighted by molar-refractivity contribution is 6.07. The lowest BCUT2D eigenvalue weighted by Crippen LogP contribution is -2.49. The van der Waals surface area contributed by atoms with Crippen molar-refractivity contribution in [2.75, 3.05) is 38.2 Å². The van der Waals surface area contributed by atoms with Crippen LogP contribution in [0, 0.1) is 11.8 Å². The van der Waals surface area contributed by atoms with Gasteiger partial charge in [0.05, 0.1) is 23.5 Å². The van der Waals surface area contributed by atoms with Crippen molar-refractivity contribution in [1.82, 2.24) is 19.8 Å². The normalized spacial score (nSPS) is 25.6. The average Bonchev–Trinajstić information content (AvgIpc) is 3.15. The van der Waals surface area contributed by atoms with Crippen LogP contribution in [0.1, 0.15) is 37.7 Å². The maximum atomic E-state index is 12.3. The van der Waals surface area contributed by atoms with Gasteiger partial charge >= 0.3 is 6.03 Å². The minimum absolute atomic E-state index is 0.222. The molecule has 1 N–H and O–H groups in total. The number of nitrogens with one attached hydrogen (secondary N) is 1. The molecule has 8 nitrogen and oxygen atoms in total. The minimum atomic E-state index is -0.368. The number of carbonyl (C=O) groups excluding carboxylic acids is 2. The third-order valence-electron chi connectivity index (χ3n) is 7.18. The lowest BCUT2D eigenvalue weighted by atomic mass is 9.81. The van der Waals surface area contributed by atoms with E-state index in [0.29, 0.717) is 25.0 Å². The molecule has 0 aromatic carbocycles. The van der Waals surface area contributed by atoms with Crippen molar-refractivity contribution in [3.63, 3.8) is 0 Å². The molecule has 3 fully saturated rings. The average molecular weight is 426 g/mol. The van der Waals surface area contributed by atoms with Crippen molar-refractivity contribution in [3.05, 3.63) is 30.1 Å². The van der Waals surface area contributed by atoms with Crippen LogP contribution in [0.25, 0.3) is 5.52 Å². The number of likely N-dealkylation sites (tertiary alicyclic amines) is 1. The number of hydrogen-bond acceptors (Lipinski definition) is 5. The number of rotatable bonds is 6. The second kappa shape index (κ2) is 8.59. The molecule has 0 atom stereocenters. The molecule has 2 aromatic heterocycles. The molecule has 1 aliphatic carbocycles. The van der Waals surface area contributed by atoms with Crippen molar-refractivity contribution in [2.24, 2.45) is 11.8 Å². The number of carbonyl (C=O) groups is 2. The van der Waals surface area contributed by atoms with Gasteiger partial charge in [0.25, 0.3) is 0 Å². The SMILES string of the molecule is COC1CC(CN2CCC(Cc3ccn4ncc(N5CCC(=O)NC5=O)c4c3)CC2)C1. The Balaban J connectivity index is 1.20. The van der Waals surface area contributed by atoms with Crippen LogP contribution in [-0.2, 0) is 16.0 Å². The Labute approximate surface area is 182 Å². The molecule has 0 bridgehead atoms. The van der Waals surface area contributed by atoms with Crippen LogP contribution in [0.2, 0.25) is 0 Å². The molecular weight excluding hydrogens is 394 g/mol. The highest BCUT2D eigenvalue weighted by atomic mass is 16.5. The summed E-state index contributed by atoms with van der Waals surface area (Å²) in [5.41, 5.74) is 2.96. The Morgan fingerprint density at radius 3 is 2.71 bits per heavy atom. The topological polar surface area (TPSA) is 79.2 Å². The van der Waals surface area contributed by atoms with E-state index in [1.807, 2.05) is 13.3 Å². The summed E-state index contributed by atoms with van der Waals surface area (Å²) in [5, 5.41) is 6.79. The maximum Gasteiger partial charge on any atom is 0.328 e. The van der Waals surface area contributed by atoms with Gasteiger partial charge in [-0.3, -0.25) is 15.0 Å². The highest BCUT2D eigenvalue weighted by Gasteiger charge is 2.31. The number of anilines is 1. The molecule has 0 spiro atoms. The van der Waals surface area contributed by atoms with Crippen molar-refractivity contribution in [2.45, 2.75) is 44.6 Å². The van der Waals surface area contributed by atoms with Crippen molar-refractivity contribution in [1.29, 1.82) is 0 Å². The summed E-state index contributed by atoms with van der Waals surface area (Å²) in [6, 6.07) is 3.92. The predicted molar refractivity (Wildman–Crippen MR) is 117 cm³/mol. The van der Waals surface area contributed by atoms with Gasteiger partial charge < -0.3 is 9.64 Å². The second-order valence-electron chi connectivity index (χ2n) is 9.29. The van der Waals surface area contributed by atoms with E-state index in [1.54, 1.807) is 15.6 Å². The fourth-order valence-electron chi connectivity index (χ4n) is 5.23. The molecule has 0 unspecified atom stereocenters. The van der Waals surface area contributed by atoms with Gasteiger partial charge in [-0.05, 0) is 74.7 Å². The summed E-state index contributed by atoms with van der Waals surface area (Å²) in [7, 11) is 1.82. The maximum absolute atomic E-state index is 12.3. The Bertz CT molecular complexity index is 959. The first-order chi connectivity index (χ1) is 15.1. The molecule has 2 aliphatic heterocycles. The number of methoxy groups -OCH3 is 1. The molecule has 3 amide bonds. The van der Waals surface area contributed by atoms with E-state index in [9.17, 15) is 9.59 Å². The van der Waals surface area contributed by atoms with E-state index in [0.717, 1.165) is 23.5 Å². The number of piperidine rings is 1. The molecule has 8 heteroatoms. The van der Waals surface area contributed by atoms with Crippen molar-refractivity contribution < 1.29 is 14.3 Å². The van der Waals surface area contributed by atoms with Crippen LogP contribution in [0.15, 0.2) is 24.5 Å². The first-order valence-electron chi connectivity index (χ1n) is 11.4. The van der Waals surface area contributed by atoms with Crippen LogP contribution in [0.5, 0.6) is 0 Å². The molecule has 3 aliphatic rings. The van der Waals surface area contributed by atoms with Gasteiger partial charge in [0.2, 0.25) is 5.91 Å². The summed E-state index contributed by atoms with van der Waals surface area (Å²) in [6.45, 7) is 3.97. The Hall–Kier alpha value is -2.45. The van der Waals surface area contributed by atoms with Crippen LogP contribution in [0.4, 0.5) is 10.5 Å². The second-order valence-corrected chi connectivity index (χ2v) is 9.29. The summed E-state index contributed by atoms with van der Waals surface area (Å²) in [6.07, 6.45) is 10.4. The number of imide groups is 1. The van der Waals surface area contributed by atoms with Gasteiger partial charge in [-0.1, -0.05) is 0 Å². The van der Waals surface area contributed by atoms with Gasteiger partial charge in [0.15, 0.2) is 0 Å². The van der Waals surface area contributed by atoms with E-state index < -0.39 is 0 Å². The molecule has 5 rings (SSSR count). The van der Waals surface area contributed by atoms with Crippen molar-refractivity contribution in [3.8, 4) is 0 Å². The number of ether oxygens (including phenoxy) is 1. The number of aromatic nitrogens is 2. The van der Waals surface area contributed by atoms with Crippen molar-refractivity contribution >= 4 is 23.1 Å². The molecular formula is C23H31N5O3. The monoisotopic (exact) mass is 425 g/mol. The third kappa shape index (κ3) is 4.32. The van der Waals surface area contributed by atoms with Gasteiger partial charge in [-0.15, -0.1) is 0 Å². The van der Waals surface area contributed by atoms with Gasteiger partial charge in [-0.25, -0.2) is 9.31 Å². The molecule has 2 saturated heterocycles. The minimum Gasteiger partial charge on any atom is -0.381 e. The zero-order valence-corrected chi connectivity index (χ0v) is 18.1. The highest BCUT2D eigenvalue weighted by Crippen LogP contribution is 2.32. The zero-order valence-electron chi connectivity index (χ0n) is 18.1. The Kier molecular flexibility index (Phi) is 5.67. The lowest BCUT2D eigenvalue weighted by Gasteiger charge is -2.40. The molecule has 4 heterocycles. The smallest absolute Gasteiger partial charge is 0.328 e. The fourth-order valence-corrected chi connectivity index (χ4v) is 5.23. The first kappa shape index (κ1) is 20.5. The molecule has 166 valence electrons. The predicted octanol–water partition coefficient (Wildman–Crippen LogP) is 2.46. The number of pyridine rings is 1. The summed E-state index contributed by atoms with van der Waals surface area (Å²) < 4.78 is 7.21. The van der Waals surface area contributed by atoms with E-state index in [-0.39, 0.29) is 11.9 Å². The van der Waals surface area contributed by atoms with Crippen LogP contribution < -0.4 is 10.2 Å². The van der Waals surface area contributed by atoms with E-state index in [1.165, 1.54) is 50.9 Å². The molecule has 31 heavy (non-hydrogen) atoms. The molecule has 2 aromatic rings. The molecule has 0 radical (unpaired) electrons. The van der Waals surface area contributed by atoms with Crippen LogP contribution in [0.3, 0.4) is 0 Å². The molecule has 1 saturated carbocycles. The van der Waals surface area contributed by atoms with Crippen LogP contribution in [-0.4, -0.2) is 65.8 Å². The number of urea groups is 1. The van der Waals surface area contributed by atoms with E-state index in [4.69, 9.17) is 4.74 Å². The zero-order chi connectivity index (χ0) is 21.4. The largest absolute Gasteiger partial charge is 0.381 e. The third-order valence-corrected chi connectivity index (χ3v) is 7.18. The summed E-state index contributed by atoms with van der Waals surface area (Å²) in [4.78, 5) is 28.0. The van der Waals surface area contributed by atoms with Gasteiger partial charge in [-0.2, -0.15) is 5.10 Å². The van der Waals surface area contributed by atoms with E-state index >= 15 is 0 Å². The fraction of sp³-hybridized carbons (Fsp3) is 0.609. The summed E-state index contributed by atoms with van der Waals surface area (Å²) >= 11 is 0. The standard InChI is InChI=1S/C23H31N5O3/c1-31-19-11-18(12-19)15-26-6-2-16(3-7-26)10-17-4-9-28-20(13-17)21(14-24-28)27-8-5-22(29)25-23(27)30/h4,9,13-14,16,18-19H,2-3,5-8,10-12,15H2,1H3,(H,25,29,30). The quantitative estimate of drug-likeness (QED) is 0.769. The number of fused-ring (bicyclic) bond motifs is 1. The lowest BCUT2D eigenvalue weighted by molar-refractivity contribution is -0.120. The van der Waals surface area contributed by atoms with Gasteiger partial charge in [0, 0.05) is 32.8 Å². The first-order valence-corrected chi connectivity index (χ1v) is 11.4. The Morgan fingerprint density at radius 1 is 1.16 bits per heavy atom. The van der Waals surface area contributed by atoms with Crippen LogP contribution >= 0.6 is 0 Å². The van der Waals surface area contributed by atoms with E-state index in [2.05, 4.69) is 27.4 Å².